The first-order valence-corrected chi connectivity index (χ1v) is 10.9. The number of carbonyl (C=O) groups excluding carboxylic acids is 3. The lowest BCUT2D eigenvalue weighted by Gasteiger charge is -2.33. The molecule has 9 heteroatoms. The van der Waals surface area contributed by atoms with Gasteiger partial charge in [0.2, 0.25) is 5.91 Å². The van der Waals surface area contributed by atoms with Gasteiger partial charge in [-0.3, -0.25) is 9.59 Å². The highest BCUT2D eigenvalue weighted by atomic mass is 19.1. The van der Waals surface area contributed by atoms with E-state index in [0.717, 1.165) is 12.0 Å². The largest absolute Gasteiger partial charge is 0.472 e. The molecule has 1 aromatic carbocycles. The van der Waals surface area contributed by atoms with E-state index in [9.17, 15) is 18.8 Å². The average Bonchev–Trinajstić information content (AvgIpc) is 3.33. The fourth-order valence-corrected chi connectivity index (χ4v) is 3.65. The van der Waals surface area contributed by atoms with Gasteiger partial charge in [-0.15, -0.1) is 0 Å². The molecule has 1 aromatic heterocycles. The molecule has 8 nitrogen and oxygen atoms in total. The van der Waals surface area contributed by atoms with E-state index in [1.807, 2.05) is 6.92 Å². The van der Waals surface area contributed by atoms with Gasteiger partial charge < -0.3 is 25.3 Å². The highest BCUT2D eigenvalue weighted by Crippen LogP contribution is 2.15. The summed E-state index contributed by atoms with van der Waals surface area (Å²) in [7, 11) is 0. The summed E-state index contributed by atoms with van der Waals surface area (Å²) in [5, 5.41) is 8.42. The number of nitrogens with zero attached hydrogens (tertiary/aromatic N) is 1. The van der Waals surface area contributed by atoms with Crippen molar-refractivity contribution in [1.82, 2.24) is 20.9 Å². The van der Waals surface area contributed by atoms with E-state index in [-0.39, 0.29) is 30.2 Å². The minimum atomic E-state index is -0.654. The van der Waals surface area contributed by atoms with Crippen LogP contribution in [0.3, 0.4) is 0 Å². The van der Waals surface area contributed by atoms with E-state index < -0.39 is 12.1 Å². The van der Waals surface area contributed by atoms with Crippen LogP contribution < -0.4 is 16.0 Å². The summed E-state index contributed by atoms with van der Waals surface area (Å²) in [6, 6.07) is 6.32. The Morgan fingerprint density at radius 1 is 1.16 bits per heavy atom. The number of nitrogens with one attached hydrogen (secondary N) is 3. The molecular formula is C23H29FN4O4. The fraction of sp³-hybridized carbons (Fsp3) is 0.435. The fourth-order valence-electron chi connectivity index (χ4n) is 3.65. The highest BCUT2D eigenvalue weighted by molar-refractivity contribution is 5.94. The van der Waals surface area contributed by atoms with Gasteiger partial charge in [0.15, 0.2) is 0 Å². The molecule has 32 heavy (non-hydrogen) atoms. The van der Waals surface area contributed by atoms with Crippen molar-refractivity contribution in [2.24, 2.45) is 0 Å². The van der Waals surface area contributed by atoms with Crippen LogP contribution in [0.1, 0.15) is 48.5 Å². The second kappa shape index (κ2) is 11.3. The molecule has 2 aromatic rings. The lowest BCUT2D eigenvalue weighted by atomic mass is 10.0. The van der Waals surface area contributed by atoms with Crippen LogP contribution in [0.2, 0.25) is 0 Å². The molecule has 1 aliphatic heterocycles. The van der Waals surface area contributed by atoms with Crippen molar-refractivity contribution in [3.8, 4) is 0 Å². The Kier molecular flexibility index (Phi) is 8.24. The van der Waals surface area contributed by atoms with Gasteiger partial charge >= 0.3 is 6.03 Å². The van der Waals surface area contributed by atoms with Gasteiger partial charge in [0.1, 0.15) is 18.1 Å². The number of rotatable bonds is 8. The Morgan fingerprint density at radius 2 is 1.88 bits per heavy atom. The van der Waals surface area contributed by atoms with Crippen molar-refractivity contribution >= 4 is 17.8 Å². The normalized spacial score (nSPS) is 15.1. The Hall–Kier alpha value is -3.36. The van der Waals surface area contributed by atoms with Gasteiger partial charge in [0.05, 0.1) is 11.8 Å². The van der Waals surface area contributed by atoms with Crippen LogP contribution >= 0.6 is 0 Å². The molecule has 1 fully saturated rings. The Morgan fingerprint density at radius 3 is 2.50 bits per heavy atom. The van der Waals surface area contributed by atoms with Crippen LogP contribution in [-0.2, 0) is 11.3 Å². The summed E-state index contributed by atoms with van der Waals surface area (Å²) in [6.07, 6.45) is 5.42. The molecule has 1 saturated heterocycles. The molecule has 172 valence electrons. The maximum atomic E-state index is 13.0. The van der Waals surface area contributed by atoms with Crippen molar-refractivity contribution in [2.45, 2.75) is 51.2 Å². The van der Waals surface area contributed by atoms with Crippen molar-refractivity contribution in [3.63, 3.8) is 0 Å². The molecular weight excluding hydrogens is 415 g/mol. The van der Waals surface area contributed by atoms with E-state index in [4.69, 9.17) is 4.42 Å². The van der Waals surface area contributed by atoms with E-state index in [1.54, 1.807) is 23.1 Å². The minimum absolute atomic E-state index is 0.0562. The standard InChI is InChI=1S/C23H29FN4O4/c1-2-3-20(27-23(31)25-14-16-4-6-18(24)7-5-16)21(29)26-19-8-11-28(12-9-19)22(30)17-10-13-32-15-17/h4-7,10,13,15,19-20H,2-3,8-9,11-12,14H2,1H3,(H,26,29)(H2,25,27,31). The first-order chi connectivity index (χ1) is 15.5. The molecule has 1 atom stereocenters. The summed E-state index contributed by atoms with van der Waals surface area (Å²) in [5.41, 5.74) is 1.28. The first kappa shape index (κ1) is 23.3. The minimum Gasteiger partial charge on any atom is -0.472 e. The maximum absolute atomic E-state index is 13.0. The average molecular weight is 445 g/mol. The van der Waals surface area contributed by atoms with E-state index in [1.165, 1.54) is 24.7 Å². The van der Waals surface area contributed by atoms with Gasteiger partial charge in [-0.05, 0) is 43.0 Å². The highest BCUT2D eigenvalue weighted by Gasteiger charge is 2.27. The number of benzene rings is 1. The summed E-state index contributed by atoms with van der Waals surface area (Å²) in [5.74, 6) is -0.648. The lowest BCUT2D eigenvalue weighted by Crippen LogP contribution is -2.54. The summed E-state index contributed by atoms with van der Waals surface area (Å²) >= 11 is 0. The van der Waals surface area contributed by atoms with Crippen LogP contribution in [-0.4, -0.2) is 47.9 Å². The van der Waals surface area contributed by atoms with Crippen molar-refractivity contribution in [1.29, 1.82) is 0 Å². The predicted octanol–water partition coefficient (Wildman–Crippen LogP) is 2.81. The van der Waals surface area contributed by atoms with Crippen LogP contribution in [0, 0.1) is 5.82 Å². The zero-order valence-corrected chi connectivity index (χ0v) is 18.1. The third kappa shape index (κ3) is 6.57. The molecule has 2 heterocycles. The molecule has 0 saturated carbocycles. The summed E-state index contributed by atoms with van der Waals surface area (Å²) in [4.78, 5) is 39.2. The van der Waals surface area contributed by atoms with Crippen molar-refractivity contribution in [2.75, 3.05) is 13.1 Å². The van der Waals surface area contributed by atoms with Gasteiger partial charge in [0.25, 0.3) is 5.91 Å². The Labute approximate surface area is 186 Å². The number of hydrogen-bond acceptors (Lipinski definition) is 4. The monoisotopic (exact) mass is 444 g/mol. The van der Waals surface area contributed by atoms with Crippen LogP contribution in [0.5, 0.6) is 0 Å². The molecule has 0 bridgehead atoms. The molecule has 0 radical (unpaired) electrons. The number of urea groups is 1. The zero-order chi connectivity index (χ0) is 22.9. The molecule has 0 aliphatic carbocycles. The van der Waals surface area contributed by atoms with Gasteiger partial charge in [0, 0.05) is 25.7 Å². The third-order valence-corrected chi connectivity index (χ3v) is 5.46. The predicted molar refractivity (Wildman–Crippen MR) is 116 cm³/mol. The Balaban J connectivity index is 1.44. The smallest absolute Gasteiger partial charge is 0.315 e. The topological polar surface area (TPSA) is 104 Å². The molecule has 3 rings (SSSR count). The number of likely N-dealkylation sites (tertiary alicyclic amines) is 1. The molecule has 3 N–H and O–H groups in total. The van der Waals surface area contributed by atoms with Gasteiger partial charge in [-0.25, -0.2) is 9.18 Å². The maximum Gasteiger partial charge on any atom is 0.315 e. The lowest BCUT2D eigenvalue weighted by molar-refractivity contribution is -0.124. The second-order valence-corrected chi connectivity index (χ2v) is 7.88. The van der Waals surface area contributed by atoms with Crippen LogP contribution in [0.4, 0.5) is 9.18 Å². The van der Waals surface area contributed by atoms with E-state index in [0.29, 0.717) is 37.9 Å². The number of piperidine rings is 1. The van der Waals surface area contributed by atoms with Crippen LogP contribution in [0.15, 0.2) is 47.3 Å². The number of halogens is 1. The molecule has 1 aliphatic rings. The first-order valence-electron chi connectivity index (χ1n) is 10.9. The summed E-state index contributed by atoms with van der Waals surface area (Å²) in [6.45, 7) is 3.26. The SMILES string of the molecule is CCCC(NC(=O)NCc1ccc(F)cc1)C(=O)NC1CCN(C(=O)c2ccoc2)CC1. The second-order valence-electron chi connectivity index (χ2n) is 7.88. The molecule has 4 amide bonds. The van der Waals surface area contributed by atoms with Crippen molar-refractivity contribution < 1.29 is 23.2 Å². The third-order valence-electron chi connectivity index (χ3n) is 5.46. The Bertz CT molecular complexity index is 893. The number of amides is 4. The number of carbonyl (C=O) groups is 3. The van der Waals surface area contributed by atoms with Crippen LogP contribution in [0.25, 0.3) is 0 Å². The van der Waals surface area contributed by atoms with Crippen molar-refractivity contribution in [3.05, 3.63) is 59.8 Å². The van der Waals surface area contributed by atoms with E-state index in [2.05, 4.69) is 16.0 Å². The number of hydrogen-bond donors (Lipinski definition) is 3. The number of furan rings is 1. The van der Waals surface area contributed by atoms with Gasteiger partial charge in [-0.2, -0.15) is 0 Å². The molecule has 1 unspecified atom stereocenters. The summed E-state index contributed by atoms with van der Waals surface area (Å²) < 4.78 is 18.0. The van der Waals surface area contributed by atoms with E-state index >= 15 is 0 Å². The quantitative estimate of drug-likeness (QED) is 0.582. The van der Waals surface area contributed by atoms with Gasteiger partial charge in [-0.1, -0.05) is 25.5 Å². The zero-order valence-electron chi connectivity index (χ0n) is 18.1. The molecule has 0 spiro atoms.